The summed E-state index contributed by atoms with van der Waals surface area (Å²) >= 11 is 1.28. The van der Waals surface area contributed by atoms with Crippen molar-refractivity contribution in [2.24, 2.45) is 0 Å². The molecule has 0 fully saturated rings. The van der Waals surface area contributed by atoms with E-state index in [2.05, 4.69) is 5.32 Å². The highest BCUT2D eigenvalue weighted by Gasteiger charge is 2.21. The zero-order valence-electron chi connectivity index (χ0n) is 15.5. The number of carbonyl (C=O) groups excluding carboxylic acids is 1. The van der Waals surface area contributed by atoms with Gasteiger partial charge in [0.15, 0.2) is 0 Å². The van der Waals surface area contributed by atoms with E-state index in [-0.39, 0.29) is 11.5 Å². The fourth-order valence-electron chi connectivity index (χ4n) is 2.73. The van der Waals surface area contributed by atoms with Crippen LogP contribution in [0.25, 0.3) is 10.1 Å². The van der Waals surface area contributed by atoms with Crippen molar-refractivity contribution < 1.29 is 14.3 Å². The molecule has 1 amide bonds. The number of hydrogen-bond acceptors (Lipinski definition) is 5. The Balaban J connectivity index is 1.88. The summed E-state index contributed by atoms with van der Waals surface area (Å²) in [6, 6.07) is 12.0. The summed E-state index contributed by atoms with van der Waals surface area (Å²) in [5.74, 6) is 0.909. The van der Waals surface area contributed by atoms with Crippen LogP contribution in [0.15, 0.2) is 47.3 Å². The number of fused-ring (bicyclic) bond motifs is 1. The van der Waals surface area contributed by atoms with Gasteiger partial charge in [-0.1, -0.05) is 23.7 Å². The van der Waals surface area contributed by atoms with E-state index in [0.29, 0.717) is 35.8 Å². The maximum absolute atomic E-state index is 12.8. The van der Waals surface area contributed by atoms with Crippen LogP contribution < -0.4 is 20.3 Å². The van der Waals surface area contributed by atoms with Gasteiger partial charge in [0, 0.05) is 6.07 Å². The third-order valence-corrected chi connectivity index (χ3v) is 5.30. The Bertz CT molecular complexity index is 1010. The Morgan fingerprint density at radius 3 is 2.59 bits per heavy atom. The van der Waals surface area contributed by atoms with Gasteiger partial charge in [0.05, 0.1) is 29.0 Å². The van der Waals surface area contributed by atoms with Gasteiger partial charge < -0.3 is 14.8 Å². The van der Waals surface area contributed by atoms with Gasteiger partial charge in [-0.2, -0.15) is 0 Å². The number of benzene rings is 2. The third kappa shape index (κ3) is 3.98. The summed E-state index contributed by atoms with van der Waals surface area (Å²) in [4.78, 5) is 25.4. The number of nitrogens with zero attached hydrogens (tertiary/aromatic N) is 1. The van der Waals surface area contributed by atoms with Gasteiger partial charge in [-0.3, -0.25) is 13.5 Å². The second-order valence-corrected chi connectivity index (χ2v) is 6.92. The smallest absolute Gasteiger partial charge is 0.269 e. The van der Waals surface area contributed by atoms with Crippen LogP contribution in [0.4, 0.5) is 5.69 Å². The fourth-order valence-corrected chi connectivity index (χ4v) is 3.77. The molecular weight excluding hydrogens is 364 g/mol. The molecule has 2 aromatic carbocycles. The Morgan fingerprint density at radius 1 is 1.15 bits per heavy atom. The molecule has 0 aliphatic heterocycles. The topological polar surface area (TPSA) is 69.6 Å². The lowest BCUT2D eigenvalue weighted by Crippen LogP contribution is -2.28. The summed E-state index contributed by atoms with van der Waals surface area (Å²) in [5, 5.41) is 3.49. The number of hydrogen-bond donors (Lipinski definition) is 1. The second-order valence-electron chi connectivity index (χ2n) is 5.91. The molecule has 0 aliphatic carbocycles. The first kappa shape index (κ1) is 19.0. The monoisotopic (exact) mass is 386 g/mol. The van der Waals surface area contributed by atoms with Gasteiger partial charge in [-0.15, -0.1) is 0 Å². The molecule has 27 heavy (non-hydrogen) atoms. The predicted molar refractivity (Wildman–Crippen MR) is 108 cm³/mol. The molecule has 0 saturated carbocycles. The molecule has 0 radical (unpaired) electrons. The first-order valence-electron chi connectivity index (χ1n) is 8.86. The van der Waals surface area contributed by atoms with Crippen LogP contribution in [0.1, 0.15) is 26.8 Å². The van der Waals surface area contributed by atoms with E-state index < -0.39 is 6.04 Å². The summed E-state index contributed by atoms with van der Waals surface area (Å²) < 4.78 is 13.4. The fraction of sp³-hybridized carbons (Fsp3) is 0.300. The van der Waals surface area contributed by atoms with Gasteiger partial charge in [0.2, 0.25) is 5.91 Å². The van der Waals surface area contributed by atoms with E-state index in [0.717, 1.165) is 4.70 Å². The molecule has 0 saturated heterocycles. The van der Waals surface area contributed by atoms with Crippen molar-refractivity contribution in [1.82, 2.24) is 3.96 Å². The molecule has 7 heteroatoms. The van der Waals surface area contributed by atoms with Crippen molar-refractivity contribution >= 4 is 33.2 Å². The number of nitrogens with one attached hydrogen (secondary N) is 1. The number of ether oxygens (including phenoxy) is 2. The van der Waals surface area contributed by atoms with Crippen LogP contribution >= 0.6 is 11.5 Å². The standard InChI is InChI=1S/C20H22N2O4S/c1-4-25-14-10-11-17(26-5-2)16(12-14)21-19(23)13(3)22-20(24)15-8-6-7-9-18(15)27-22/h6-13H,4-5H2,1-3H3,(H,21,23). The lowest BCUT2D eigenvalue weighted by Gasteiger charge is -2.16. The molecular formula is C20H22N2O4S. The van der Waals surface area contributed by atoms with E-state index in [9.17, 15) is 9.59 Å². The Kier molecular flexibility index (Phi) is 5.81. The minimum Gasteiger partial charge on any atom is -0.494 e. The van der Waals surface area contributed by atoms with Crippen molar-refractivity contribution in [1.29, 1.82) is 0 Å². The lowest BCUT2D eigenvalue weighted by atomic mass is 10.2. The molecule has 1 unspecified atom stereocenters. The second kappa shape index (κ2) is 8.26. The number of amides is 1. The summed E-state index contributed by atoms with van der Waals surface area (Å²) in [6.45, 7) is 6.47. The highest BCUT2D eigenvalue weighted by Crippen LogP contribution is 2.30. The molecule has 142 valence electrons. The normalized spacial score (nSPS) is 12.0. The number of rotatable bonds is 7. The molecule has 1 N–H and O–H groups in total. The first-order valence-corrected chi connectivity index (χ1v) is 9.63. The summed E-state index contributed by atoms with van der Waals surface area (Å²) in [7, 11) is 0. The first-order chi connectivity index (χ1) is 13.0. The molecule has 0 bridgehead atoms. The van der Waals surface area contributed by atoms with Gasteiger partial charge in [0.25, 0.3) is 5.56 Å². The van der Waals surface area contributed by atoms with Crippen LogP contribution in [0.5, 0.6) is 11.5 Å². The minimum atomic E-state index is -0.653. The molecule has 6 nitrogen and oxygen atoms in total. The Labute approximate surface area is 161 Å². The molecule has 3 aromatic rings. The van der Waals surface area contributed by atoms with Crippen molar-refractivity contribution in [3.63, 3.8) is 0 Å². The molecule has 0 spiro atoms. The van der Waals surface area contributed by atoms with E-state index in [1.165, 1.54) is 15.5 Å². The van der Waals surface area contributed by atoms with Crippen molar-refractivity contribution in [3.05, 3.63) is 52.8 Å². The van der Waals surface area contributed by atoms with Crippen molar-refractivity contribution in [3.8, 4) is 11.5 Å². The van der Waals surface area contributed by atoms with Gasteiger partial charge in [0.1, 0.15) is 17.5 Å². The lowest BCUT2D eigenvalue weighted by molar-refractivity contribution is -0.118. The Morgan fingerprint density at radius 2 is 1.89 bits per heavy atom. The number of aromatic nitrogens is 1. The summed E-state index contributed by atoms with van der Waals surface area (Å²) in [5.41, 5.74) is 0.361. The van der Waals surface area contributed by atoms with Gasteiger partial charge in [-0.05, 0) is 45.0 Å². The van der Waals surface area contributed by atoms with Crippen LogP contribution in [-0.2, 0) is 4.79 Å². The zero-order valence-corrected chi connectivity index (χ0v) is 16.3. The quantitative estimate of drug-likeness (QED) is 0.665. The van der Waals surface area contributed by atoms with Crippen LogP contribution in [0.2, 0.25) is 0 Å². The maximum Gasteiger partial charge on any atom is 0.269 e. The molecule has 1 heterocycles. The minimum absolute atomic E-state index is 0.161. The van der Waals surface area contributed by atoms with Crippen LogP contribution in [-0.4, -0.2) is 23.1 Å². The van der Waals surface area contributed by atoms with Crippen molar-refractivity contribution in [2.45, 2.75) is 26.8 Å². The third-order valence-electron chi connectivity index (χ3n) is 4.07. The largest absolute Gasteiger partial charge is 0.494 e. The number of anilines is 1. The van der Waals surface area contributed by atoms with Gasteiger partial charge in [-0.25, -0.2) is 0 Å². The summed E-state index contributed by atoms with van der Waals surface area (Å²) in [6.07, 6.45) is 0. The van der Waals surface area contributed by atoms with E-state index >= 15 is 0 Å². The SMILES string of the molecule is CCOc1ccc(OCC)c(NC(=O)C(C)n2sc3ccccc3c2=O)c1. The zero-order chi connectivity index (χ0) is 19.4. The molecule has 3 rings (SSSR count). The highest BCUT2D eigenvalue weighted by atomic mass is 32.1. The molecule has 1 atom stereocenters. The van der Waals surface area contributed by atoms with Gasteiger partial charge >= 0.3 is 0 Å². The maximum atomic E-state index is 12.8. The average molecular weight is 386 g/mol. The highest BCUT2D eigenvalue weighted by molar-refractivity contribution is 7.14. The Hall–Kier alpha value is -2.80. The molecule has 1 aromatic heterocycles. The van der Waals surface area contributed by atoms with Crippen molar-refractivity contribution in [2.75, 3.05) is 18.5 Å². The van der Waals surface area contributed by atoms with E-state index in [4.69, 9.17) is 9.47 Å². The van der Waals surface area contributed by atoms with E-state index in [1.807, 2.05) is 32.0 Å². The predicted octanol–water partition coefficient (Wildman–Crippen LogP) is 4.06. The van der Waals surface area contributed by atoms with E-state index in [1.54, 1.807) is 31.2 Å². The van der Waals surface area contributed by atoms with Crippen LogP contribution in [0.3, 0.4) is 0 Å². The number of carbonyl (C=O) groups is 1. The molecule has 0 aliphatic rings. The van der Waals surface area contributed by atoms with Crippen LogP contribution in [0, 0.1) is 0 Å². The average Bonchev–Trinajstić information content (AvgIpc) is 3.00.